The third-order valence-electron chi connectivity index (χ3n) is 3.31. The van der Waals surface area contributed by atoms with Crippen LogP contribution in [0.1, 0.15) is 31.4 Å². The van der Waals surface area contributed by atoms with Crippen molar-refractivity contribution in [2.24, 2.45) is 0 Å². The average Bonchev–Trinajstić information content (AvgIpc) is 2.93. The van der Waals surface area contributed by atoms with Gasteiger partial charge in [0.25, 0.3) is 0 Å². The van der Waals surface area contributed by atoms with Gasteiger partial charge in [0, 0.05) is 12.2 Å². The molecule has 3 nitrogen and oxygen atoms in total. The summed E-state index contributed by atoms with van der Waals surface area (Å²) in [7, 11) is 0. The van der Waals surface area contributed by atoms with Crippen molar-refractivity contribution in [3.05, 3.63) is 35.6 Å². The summed E-state index contributed by atoms with van der Waals surface area (Å²) in [6.45, 7) is 4.84. The number of ether oxygens (including phenoxy) is 2. The summed E-state index contributed by atoms with van der Waals surface area (Å²) in [5.74, 6) is -0.178. The Labute approximate surface area is 114 Å². The van der Waals surface area contributed by atoms with E-state index in [1.165, 1.54) is 6.07 Å². The van der Waals surface area contributed by atoms with Gasteiger partial charge in [-0.05, 0) is 25.5 Å². The summed E-state index contributed by atoms with van der Waals surface area (Å²) in [6, 6.07) is 6.78. The van der Waals surface area contributed by atoms with E-state index in [9.17, 15) is 4.39 Å². The van der Waals surface area contributed by atoms with Crippen molar-refractivity contribution in [2.45, 2.75) is 31.9 Å². The fourth-order valence-corrected chi connectivity index (χ4v) is 2.21. The molecule has 0 amide bonds. The summed E-state index contributed by atoms with van der Waals surface area (Å²) in [5, 5.41) is 3.34. The molecular formula is C15H22FNO2. The molecule has 0 radical (unpaired) electrons. The van der Waals surface area contributed by atoms with Crippen molar-refractivity contribution in [1.82, 2.24) is 5.32 Å². The van der Waals surface area contributed by atoms with Gasteiger partial charge in [0.15, 0.2) is 0 Å². The fourth-order valence-electron chi connectivity index (χ4n) is 2.21. The average molecular weight is 267 g/mol. The third-order valence-corrected chi connectivity index (χ3v) is 3.31. The van der Waals surface area contributed by atoms with E-state index in [2.05, 4.69) is 12.2 Å². The molecule has 0 saturated carbocycles. The lowest BCUT2D eigenvalue weighted by Gasteiger charge is -2.21. The molecule has 2 rings (SSSR count). The summed E-state index contributed by atoms with van der Waals surface area (Å²) in [6.07, 6.45) is 2.09. The van der Waals surface area contributed by atoms with E-state index < -0.39 is 0 Å². The van der Waals surface area contributed by atoms with E-state index >= 15 is 0 Å². The zero-order valence-electron chi connectivity index (χ0n) is 11.4. The van der Waals surface area contributed by atoms with Crippen LogP contribution in [-0.4, -0.2) is 32.5 Å². The highest BCUT2D eigenvalue weighted by molar-refractivity contribution is 5.21. The summed E-state index contributed by atoms with van der Waals surface area (Å²) < 4.78 is 24.9. The first kappa shape index (κ1) is 14.4. The van der Waals surface area contributed by atoms with Gasteiger partial charge >= 0.3 is 0 Å². The highest BCUT2D eigenvalue weighted by Gasteiger charge is 2.20. The van der Waals surface area contributed by atoms with Gasteiger partial charge in [0.05, 0.1) is 25.4 Å². The van der Waals surface area contributed by atoms with Gasteiger partial charge in [-0.3, -0.25) is 0 Å². The zero-order valence-corrected chi connectivity index (χ0v) is 11.4. The van der Waals surface area contributed by atoms with Gasteiger partial charge in [-0.15, -0.1) is 0 Å². The predicted molar refractivity (Wildman–Crippen MR) is 72.6 cm³/mol. The topological polar surface area (TPSA) is 30.5 Å². The largest absolute Gasteiger partial charge is 0.379 e. The van der Waals surface area contributed by atoms with E-state index in [-0.39, 0.29) is 18.0 Å². The smallest absolute Gasteiger partial charge is 0.128 e. The molecule has 4 heteroatoms. The first-order valence-electron chi connectivity index (χ1n) is 6.98. The minimum atomic E-state index is -0.178. The Morgan fingerprint density at radius 2 is 2.32 bits per heavy atom. The van der Waals surface area contributed by atoms with Crippen LogP contribution < -0.4 is 5.32 Å². The molecule has 19 heavy (non-hydrogen) atoms. The molecular weight excluding hydrogens is 245 g/mol. The van der Waals surface area contributed by atoms with Crippen LogP contribution in [0.3, 0.4) is 0 Å². The van der Waals surface area contributed by atoms with Crippen molar-refractivity contribution >= 4 is 0 Å². The Balaban J connectivity index is 1.96. The van der Waals surface area contributed by atoms with Crippen LogP contribution in [0.5, 0.6) is 0 Å². The standard InChI is InChI=1S/C15H22FNO2/c1-2-8-17-15(11-19-12-7-9-18-10-12)13-5-3-4-6-14(13)16/h3-6,12,15,17H,2,7-11H2,1H3. The van der Waals surface area contributed by atoms with Gasteiger partial charge < -0.3 is 14.8 Å². The molecule has 1 saturated heterocycles. The van der Waals surface area contributed by atoms with E-state index in [4.69, 9.17) is 9.47 Å². The Bertz CT molecular complexity index is 380. The fraction of sp³-hybridized carbons (Fsp3) is 0.600. The number of nitrogens with one attached hydrogen (secondary N) is 1. The molecule has 2 atom stereocenters. The van der Waals surface area contributed by atoms with Crippen LogP contribution >= 0.6 is 0 Å². The van der Waals surface area contributed by atoms with Gasteiger partial charge in [-0.1, -0.05) is 25.1 Å². The lowest BCUT2D eigenvalue weighted by atomic mass is 10.1. The minimum Gasteiger partial charge on any atom is -0.379 e. The quantitative estimate of drug-likeness (QED) is 0.824. The lowest BCUT2D eigenvalue weighted by Crippen LogP contribution is -2.29. The summed E-state index contributed by atoms with van der Waals surface area (Å²) in [5.41, 5.74) is 0.676. The first-order valence-corrected chi connectivity index (χ1v) is 6.98. The third kappa shape index (κ3) is 4.27. The molecule has 1 aromatic carbocycles. The second kappa shape index (κ2) is 7.58. The normalized spacial score (nSPS) is 20.6. The Morgan fingerprint density at radius 3 is 3.00 bits per heavy atom. The number of rotatable bonds is 7. The van der Waals surface area contributed by atoms with Gasteiger partial charge in [-0.25, -0.2) is 4.39 Å². The van der Waals surface area contributed by atoms with Crippen molar-refractivity contribution in [3.63, 3.8) is 0 Å². The monoisotopic (exact) mass is 267 g/mol. The number of halogens is 1. The highest BCUT2D eigenvalue weighted by atomic mass is 19.1. The van der Waals surface area contributed by atoms with Gasteiger partial charge in [0.1, 0.15) is 5.82 Å². The van der Waals surface area contributed by atoms with E-state index in [0.717, 1.165) is 26.0 Å². The van der Waals surface area contributed by atoms with Crippen LogP contribution in [0, 0.1) is 5.82 Å². The number of benzene rings is 1. The van der Waals surface area contributed by atoms with Gasteiger partial charge in [0.2, 0.25) is 0 Å². The molecule has 1 N–H and O–H groups in total. The molecule has 1 heterocycles. The predicted octanol–water partition coefficient (Wildman–Crippen LogP) is 2.67. The Kier molecular flexibility index (Phi) is 5.76. The maximum Gasteiger partial charge on any atom is 0.128 e. The molecule has 0 aliphatic carbocycles. The Morgan fingerprint density at radius 1 is 1.47 bits per heavy atom. The molecule has 1 aliphatic rings. The summed E-state index contributed by atoms with van der Waals surface area (Å²) >= 11 is 0. The maximum atomic E-state index is 13.8. The molecule has 2 unspecified atom stereocenters. The summed E-state index contributed by atoms with van der Waals surface area (Å²) in [4.78, 5) is 0. The highest BCUT2D eigenvalue weighted by Crippen LogP contribution is 2.19. The molecule has 0 spiro atoms. The first-order chi connectivity index (χ1) is 9.31. The van der Waals surface area contributed by atoms with Crippen LogP contribution in [0.25, 0.3) is 0 Å². The van der Waals surface area contributed by atoms with Crippen molar-refractivity contribution in [2.75, 3.05) is 26.4 Å². The minimum absolute atomic E-state index is 0.0956. The molecule has 0 bridgehead atoms. The van der Waals surface area contributed by atoms with Gasteiger partial charge in [-0.2, -0.15) is 0 Å². The lowest BCUT2D eigenvalue weighted by molar-refractivity contribution is 0.0293. The maximum absolute atomic E-state index is 13.8. The molecule has 1 fully saturated rings. The molecule has 106 valence electrons. The molecule has 1 aliphatic heterocycles. The Hall–Kier alpha value is -0.970. The van der Waals surface area contributed by atoms with Crippen molar-refractivity contribution in [1.29, 1.82) is 0 Å². The number of hydrogen-bond donors (Lipinski definition) is 1. The SMILES string of the molecule is CCCNC(COC1CCOC1)c1ccccc1F. The number of hydrogen-bond acceptors (Lipinski definition) is 3. The van der Waals surface area contributed by atoms with Crippen molar-refractivity contribution in [3.8, 4) is 0 Å². The second-order valence-electron chi connectivity index (χ2n) is 4.85. The molecule has 0 aromatic heterocycles. The van der Waals surface area contributed by atoms with Crippen LogP contribution in [0.15, 0.2) is 24.3 Å². The van der Waals surface area contributed by atoms with E-state index in [1.807, 2.05) is 12.1 Å². The van der Waals surface area contributed by atoms with Crippen LogP contribution in [0.4, 0.5) is 4.39 Å². The van der Waals surface area contributed by atoms with Crippen molar-refractivity contribution < 1.29 is 13.9 Å². The van der Waals surface area contributed by atoms with E-state index in [0.29, 0.717) is 18.8 Å². The van der Waals surface area contributed by atoms with E-state index in [1.54, 1.807) is 6.07 Å². The van der Waals surface area contributed by atoms with Crippen LogP contribution in [-0.2, 0) is 9.47 Å². The molecule has 1 aromatic rings. The second-order valence-corrected chi connectivity index (χ2v) is 4.85. The zero-order chi connectivity index (χ0) is 13.5. The van der Waals surface area contributed by atoms with Crippen LogP contribution in [0.2, 0.25) is 0 Å².